The van der Waals surface area contributed by atoms with Crippen LogP contribution in [0, 0.1) is 0 Å². The molecular weight excluding hydrogens is 1050 g/mol. The van der Waals surface area contributed by atoms with Gasteiger partial charge in [0, 0.05) is 7.11 Å². The Morgan fingerprint density at radius 1 is 0.732 bits per heavy atom. The number of phosphoric ester groups is 3. The molecule has 37 nitrogen and oxygen atoms in total. The number of fused-ring (bicyclic) bond motifs is 3. The first-order valence-electron chi connectivity index (χ1n) is 19.9. The van der Waals surface area contributed by atoms with Gasteiger partial charge < -0.3 is 65.9 Å². The number of nitrogens with two attached hydrogens (primary N) is 3. The van der Waals surface area contributed by atoms with E-state index in [1.54, 1.807) is 7.05 Å². The monoisotopic (exact) mass is 1090 g/mol. The second-order valence-corrected chi connectivity index (χ2v) is 21.1. The zero-order valence-corrected chi connectivity index (χ0v) is 39.7. The van der Waals surface area contributed by atoms with E-state index in [1.165, 1.54) is 20.0 Å². The van der Waals surface area contributed by atoms with Crippen molar-refractivity contribution in [3.63, 3.8) is 0 Å². The topological polar surface area (TPSA) is 522 Å². The zero-order valence-electron chi connectivity index (χ0n) is 36.2. The van der Waals surface area contributed by atoms with Crippen molar-refractivity contribution in [1.82, 2.24) is 53.6 Å². The normalized spacial score (nSPS) is 26.2. The number of H-pyrrole nitrogens is 2. The molecule has 12 atom stereocenters. The minimum absolute atomic E-state index is 0.0307. The lowest BCUT2D eigenvalue weighted by Crippen LogP contribution is -2.38. The minimum Gasteiger partial charge on any atom is -0.387 e. The molecule has 14 N–H and O–H groups in total. The summed E-state index contributed by atoms with van der Waals surface area (Å²) in [6, 6.07) is 0. The third-order valence-electron chi connectivity index (χ3n) is 10.3. The van der Waals surface area contributed by atoms with Gasteiger partial charge in [0.1, 0.15) is 48.5 Å². The summed E-state index contributed by atoms with van der Waals surface area (Å²) in [5.74, 6) is -0.554. The van der Waals surface area contributed by atoms with Gasteiger partial charge in [0.2, 0.25) is 11.5 Å². The molecule has 0 aliphatic carbocycles. The molecule has 6 aromatic heterocycles. The number of phosphoric acid groups is 4. The predicted octanol–water partition coefficient (Wildman–Crippen LogP) is -3.36. The Morgan fingerprint density at radius 2 is 1.35 bits per heavy atom. The van der Waals surface area contributed by atoms with E-state index in [9.17, 15) is 57.6 Å². The average Bonchev–Trinajstić information content (AvgIpc) is 4.09. The maximum Gasteiger partial charge on any atom is 0.490 e. The van der Waals surface area contributed by atoms with Crippen LogP contribution in [0.3, 0.4) is 0 Å². The van der Waals surface area contributed by atoms with E-state index < -0.39 is 118 Å². The van der Waals surface area contributed by atoms with E-state index >= 15 is 0 Å². The highest BCUT2D eigenvalue weighted by Gasteiger charge is 2.53. The number of hydrogen-bond acceptors (Lipinski definition) is 27. The molecule has 0 spiro atoms. The summed E-state index contributed by atoms with van der Waals surface area (Å²) in [6.07, 6.45) is -8.44. The summed E-state index contributed by atoms with van der Waals surface area (Å²) in [4.78, 5) is 94.9. The number of hydrogen-bond donors (Lipinski definition) is 11. The number of nitrogens with zero attached hydrogens (tertiary/aromatic N) is 10. The van der Waals surface area contributed by atoms with Gasteiger partial charge in [-0.1, -0.05) is 4.98 Å². The smallest absolute Gasteiger partial charge is 0.387 e. The summed E-state index contributed by atoms with van der Waals surface area (Å²) >= 11 is 0. The molecule has 6 unspecified atom stereocenters. The summed E-state index contributed by atoms with van der Waals surface area (Å²) < 4.78 is 108. The van der Waals surface area contributed by atoms with Crippen LogP contribution in [-0.4, -0.2) is 154 Å². The van der Waals surface area contributed by atoms with Crippen molar-refractivity contribution in [2.45, 2.75) is 55.8 Å². The molecule has 6 aromatic rings. The summed E-state index contributed by atoms with van der Waals surface area (Å²) in [6.45, 7) is -3.70. The summed E-state index contributed by atoms with van der Waals surface area (Å²) in [5.41, 5.74) is 16.0. The number of ether oxygens (including phenoxy) is 4. The number of methoxy groups -OCH3 is 1. The number of aliphatic hydroxyl groups excluding tert-OH is 2. The second-order valence-electron chi connectivity index (χ2n) is 15.1. The van der Waals surface area contributed by atoms with Crippen LogP contribution in [0.15, 0.2) is 34.9 Å². The summed E-state index contributed by atoms with van der Waals surface area (Å²) in [7, 11) is -20.2. The molecule has 0 aromatic carbocycles. The van der Waals surface area contributed by atoms with Gasteiger partial charge in [0.15, 0.2) is 48.1 Å². The van der Waals surface area contributed by atoms with Gasteiger partial charge in [-0.3, -0.25) is 51.4 Å². The zero-order chi connectivity index (χ0) is 51.4. The Bertz CT molecular complexity index is 3280. The first-order valence-corrected chi connectivity index (χ1v) is 25.9. The lowest BCUT2D eigenvalue weighted by molar-refractivity contribution is -0.711. The SMILES string of the molecule is CO[C@H]1C(OP(=O)(O)OC[C@H]2O[C@@H](n3cnc4c(=O)[nH]c(N)nc43)[C@@H](O)C2O)[C@@H](COP(=O)(O)OP(=O)(O)OP(=O)(O)OCCOC[n+]2cn(C)c3c(=O)[nH]c(N)nc32)O[C@H]1n1cnc2c(N)ncnc21. The number of anilines is 3. The number of aliphatic hydroxyl groups is 2. The molecule has 0 saturated carbocycles. The van der Waals surface area contributed by atoms with Crippen LogP contribution in [0.5, 0.6) is 0 Å². The van der Waals surface area contributed by atoms with Crippen LogP contribution in [0.1, 0.15) is 12.5 Å². The molecular formula is C30H42N15O22P4+. The molecule has 0 bridgehead atoms. The number of aromatic amines is 2. The molecule has 388 valence electrons. The highest BCUT2D eigenvalue weighted by atomic mass is 31.3. The quantitative estimate of drug-likeness (QED) is 0.0190. The van der Waals surface area contributed by atoms with Crippen molar-refractivity contribution in [3.8, 4) is 0 Å². The highest BCUT2D eigenvalue weighted by Crippen LogP contribution is 2.68. The molecule has 41 heteroatoms. The van der Waals surface area contributed by atoms with Crippen molar-refractivity contribution in [1.29, 1.82) is 0 Å². The lowest BCUT2D eigenvalue weighted by Gasteiger charge is -2.26. The molecule has 0 radical (unpaired) electrons. The largest absolute Gasteiger partial charge is 0.490 e. The fourth-order valence-electron chi connectivity index (χ4n) is 7.35. The van der Waals surface area contributed by atoms with Crippen molar-refractivity contribution in [3.05, 3.63) is 46.0 Å². The fourth-order valence-corrected chi connectivity index (χ4v) is 11.8. The van der Waals surface area contributed by atoms with Crippen LogP contribution in [0.2, 0.25) is 0 Å². The van der Waals surface area contributed by atoms with E-state index in [2.05, 4.69) is 53.0 Å². The standard InChI is InChI=1S/C30H41N15O22P4/c1-42-10-43(24-16(42)26(49)41-30(33)39-24)11-59-3-4-60-69(52,53)66-71(56,57)67-70(54,55)62-6-13-19(20(58-2)28(64-13)44-8-36-14-21(31)34-7-35-22(14)44)65-68(50,51)61-5-12-17(46)18(47)27(63-12)45-9-37-15-23(45)38-29(32)40-25(15)48/h7-10,12-13,17-20,27-28,46-47H,3-6,11H2,1-2H3,(H11-,31,32,33,34,35,38,39,40,41,48,49,50,51,52,53,54,55,56,57)/p+1/t12-,13-,17?,18+,19?,20+,27-,28-/m1/s1. The maximum absolute atomic E-state index is 13.6. The van der Waals surface area contributed by atoms with E-state index in [-0.39, 0.29) is 57.9 Å². The van der Waals surface area contributed by atoms with E-state index in [0.717, 1.165) is 30.7 Å². The average molecular weight is 1090 g/mol. The van der Waals surface area contributed by atoms with Crippen LogP contribution >= 0.6 is 31.3 Å². The Kier molecular flexibility index (Phi) is 14.8. The number of rotatable bonds is 21. The molecule has 0 amide bonds. The summed E-state index contributed by atoms with van der Waals surface area (Å²) in [5, 5.41) is 21.7. The van der Waals surface area contributed by atoms with Crippen LogP contribution in [0.4, 0.5) is 17.7 Å². The minimum atomic E-state index is -6.05. The Balaban J connectivity index is 0.912. The van der Waals surface area contributed by atoms with Crippen molar-refractivity contribution < 1.29 is 98.3 Å². The van der Waals surface area contributed by atoms with Crippen molar-refractivity contribution in [2.75, 3.05) is 50.7 Å². The van der Waals surface area contributed by atoms with Gasteiger partial charge >= 0.3 is 36.9 Å². The molecule has 8 rings (SSSR count). The van der Waals surface area contributed by atoms with Crippen LogP contribution in [-0.2, 0) is 77.7 Å². The molecule has 2 aliphatic rings. The van der Waals surface area contributed by atoms with E-state index in [0.29, 0.717) is 0 Å². The first-order chi connectivity index (χ1) is 33.4. The molecule has 2 saturated heterocycles. The van der Waals surface area contributed by atoms with E-state index in [1.807, 2.05) is 0 Å². The Morgan fingerprint density at radius 3 is 2.07 bits per heavy atom. The van der Waals surface area contributed by atoms with Crippen LogP contribution in [0.25, 0.3) is 33.5 Å². The van der Waals surface area contributed by atoms with Gasteiger partial charge in [-0.05, 0) is 0 Å². The molecule has 71 heavy (non-hydrogen) atoms. The molecule has 8 heterocycles. The molecule has 2 aliphatic heterocycles. The van der Waals surface area contributed by atoms with Crippen LogP contribution < -0.4 is 32.9 Å². The van der Waals surface area contributed by atoms with E-state index in [4.69, 9.17) is 49.7 Å². The number of nitrogen functional groups attached to an aromatic ring is 3. The van der Waals surface area contributed by atoms with Crippen molar-refractivity contribution in [2.24, 2.45) is 7.05 Å². The second kappa shape index (κ2) is 20.1. The van der Waals surface area contributed by atoms with Gasteiger partial charge in [-0.15, -0.1) is 0 Å². The van der Waals surface area contributed by atoms with Crippen molar-refractivity contribution >= 4 is 82.5 Å². The van der Waals surface area contributed by atoms with Gasteiger partial charge in [0.05, 0.1) is 46.1 Å². The maximum atomic E-state index is 13.6. The number of aryl methyl sites for hydroxylation is 1. The number of aromatic nitrogens is 12. The van der Waals surface area contributed by atoms with Gasteiger partial charge in [0.25, 0.3) is 17.1 Å². The third kappa shape index (κ3) is 11.3. The lowest BCUT2D eigenvalue weighted by atomic mass is 10.1. The number of imidazole rings is 3. The fraction of sp³-hybridized carbons (Fsp3) is 0.500. The Hall–Kier alpha value is -5.07. The predicted molar refractivity (Wildman–Crippen MR) is 229 cm³/mol. The molecule has 2 fully saturated rings. The van der Waals surface area contributed by atoms with Gasteiger partial charge in [-0.25, -0.2) is 42.8 Å². The first kappa shape index (κ1) is 52.3. The van der Waals surface area contributed by atoms with Gasteiger partial charge in [-0.2, -0.15) is 13.6 Å². The third-order valence-corrected chi connectivity index (χ3v) is 15.6. The Labute approximate surface area is 393 Å². The highest BCUT2D eigenvalue weighted by molar-refractivity contribution is 7.66. The number of nitrogens with one attached hydrogen (secondary N) is 2.